The summed E-state index contributed by atoms with van der Waals surface area (Å²) < 4.78 is 5.26. The standard InChI is InChI=1S/C11H15NO2/c1-2-12(13)8-9-14-11(12)10-6-4-3-5-7-10/h3-7,11H,2,8-9H2,1H3. The number of likely N-dealkylation sites (N-methyl/N-ethyl adjacent to an activating group) is 1. The molecule has 0 aliphatic carbocycles. The molecule has 0 saturated carbocycles. The maximum atomic E-state index is 12.2. The molecule has 1 aromatic carbocycles. The second kappa shape index (κ2) is 3.69. The zero-order chi connectivity index (χ0) is 10.0. The van der Waals surface area contributed by atoms with Crippen molar-refractivity contribution in [3.63, 3.8) is 0 Å². The van der Waals surface area contributed by atoms with Crippen molar-refractivity contribution in [1.29, 1.82) is 0 Å². The van der Waals surface area contributed by atoms with E-state index in [0.717, 1.165) is 5.56 Å². The predicted octanol–water partition coefficient (Wildman–Crippen LogP) is 2.05. The first kappa shape index (κ1) is 9.65. The summed E-state index contributed by atoms with van der Waals surface area (Å²) in [5.41, 5.74) is 0.988. The van der Waals surface area contributed by atoms with Gasteiger partial charge in [-0.2, -0.15) is 0 Å². The second-order valence-corrected chi connectivity index (χ2v) is 3.63. The number of hydroxylamine groups is 3. The Morgan fingerprint density at radius 2 is 2.14 bits per heavy atom. The third-order valence-electron chi connectivity index (χ3n) is 2.79. The minimum atomic E-state index is -0.318. The second-order valence-electron chi connectivity index (χ2n) is 3.63. The SMILES string of the molecule is CC[N+]1([O-])CCOC1c1ccccc1. The molecule has 3 nitrogen and oxygen atoms in total. The Morgan fingerprint density at radius 3 is 2.79 bits per heavy atom. The lowest BCUT2D eigenvalue weighted by Crippen LogP contribution is -2.41. The first-order chi connectivity index (χ1) is 6.76. The third kappa shape index (κ3) is 1.54. The van der Waals surface area contributed by atoms with Crippen LogP contribution in [0.2, 0.25) is 0 Å². The Labute approximate surface area is 84.1 Å². The van der Waals surface area contributed by atoms with Gasteiger partial charge in [0.2, 0.25) is 6.23 Å². The minimum Gasteiger partial charge on any atom is -0.631 e. The molecular weight excluding hydrogens is 178 g/mol. The van der Waals surface area contributed by atoms with Crippen LogP contribution in [-0.2, 0) is 4.74 Å². The molecule has 76 valence electrons. The van der Waals surface area contributed by atoms with E-state index in [1.165, 1.54) is 0 Å². The fourth-order valence-electron chi connectivity index (χ4n) is 1.88. The van der Waals surface area contributed by atoms with Gasteiger partial charge >= 0.3 is 0 Å². The van der Waals surface area contributed by atoms with Gasteiger partial charge in [0.15, 0.2) is 0 Å². The van der Waals surface area contributed by atoms with E-state index in [0.29, 0.717) is 19.7 Å². The Morgan fingerprint density at radius 1 is 1.43 bits per heavy atom. The lowest BCUT2D eigenvalue weighted by atomic mass is 10.2. The van der Waals surface area contributed by atoms with Crippen molar-refractivity contribution in [2.24, 2.45) is 0 Å². The summed E-state index contributed by atoms with van der Waals surface area (Å²) in [6.07, 6.45) is -0.318. The van der Waals surface area contributed by atoms with Gasteiger partial charge in [-0.15, -0.1) is 0 Å². The number of hydrogen-bond donors (Lipinski definition) is 0. The van der Waals surface area contributed by atoms with Crippen LogP contribution in [0.15, 0.2) is 30.3 Å². The molecule has 0 spiro atoms. The van der Waals surface area contributed by atoms with Gasteiger partial charge in [-0.25, -0.2) is 0 Å². The van der Waals surface area contributed by atoms with Crippen molar-refractivity contribution in [3.05, 3.63) is 41.1 Å². The zero-order valence-corrected chi connectivity index (χ0v) is 8.35. The van der Waals surface area contributed by atoms with Gasteiger partial charge in [-0.3, -0.25) is 0 Å². The molecule has 1 aliphatic heterocycles. The minimum absolute atomic E-state index is 0.246. The maximum Gasteiger partial charge on any atom is 0.220 e. The Kier molecular flexibility index (Phi) is 2.54. The number of quaternary nitrogens is 1. The van der Waals surface area contributed by atoms with Gasteiger partial charge in [-0.1, -0.05) is 30.3 Å². The molecule has 2 atom stereocenters. The Bertz CT molecular complexity index is 301. The number of hydrogen-bond acceptors (Lipinski definition) is 2. The van der Waals surface area contributed by atoms with E-state index in [1.54, 1.807) is 0 Å². The Hall–Kier alpha value is -0.900. The van der Waals surface area contributed by atoms with Crippen LogP contribution in [0.4, 0.5) is 0 Å². The van der Waals surface area contributed by atoms with Crippen LogP contribution in [0.3, 0.4) is 0 Å². The highest BCUT2D eigenvalue weighted by Crippen LogP contribution is 2.32. The summed E-state index contributed by atoms with van der Waals surface area (Å²) in [4.78, 5) is 0. The molecule has 0 N–H and O–H groups in total. The molecule has 1 aromatic rings. The van der Waals surface area contributed by atoms with Gasteiger partial charge in [0.1, 0.15) is 13.2 Å². The van der Waals surface area contributed by atoms with Crippen LogP contribution in [0.5, 0.6) is 0 Å². The molecule has 0 amide bonds. The van der Waals surface area contributed by atoms with Crippen LogP contribution < -0.4 is 0 Å². The molecule has 2 unspecified atom stereocenters. The molecule has 0 radical (unpaired) electrons. The fourth-order valence-corrected chi connectivity index (χ4v) is 1.88. The van der Waals surface area contributed by atoms with E-state index in [-0.39, 0.29) is 10.9 Å². The molecular formula is C11H15NO2. The molecule has 2 rings (SSSR count). The lowest BCUT2D eigenvalue weighted by Gasteiger charge is -2.41. The van der Waals surface area contributed by atoms with Gasteiger partial charge in [0, 0.05) is 5.56 Å². The van der Waals surface area contributed by atoms with Gasteiger partial charge in [0.05, 0.1) is 6.54 Å². The van der Waals surface area contributed by atoms with Crippen molar-refractivity contribution in [1.82, 2.24) is 0 Å². The summed E-state index contributed by atoms with van der Waals surface area (Å²) in [5, 5.41) is 12.2. The van der Waals surface area contributed by atoms with Crippen LogP contribution in [0.1, 0.15) is 18.7 Å². The van der Waals surface area contributed by atoms with Crippen molar-refractivity contribution in [2.75, 3.05) is 19.7 Å². The summed E-state index contributed by atoms with van der Waals surface area (Å²) in [6, 6.07) is 9.74. The first-order valence-corrected chi connectivity index (χ1v) is 5.00. The smallest absolute Gasteiger partial charge is 0.220 e. The molecule has 1 fully saturated rings. The molecule has 1 aliphatic rings. The summed E-state index contributed by atoms with van der Waals surface area (Å²) in [5.74, 6) is 0. The first-order valence-electron chi connectivity index (χ1n) is 5.00. The van der Waals surface area contributed by atoms with Crippen molar-refractivity contribution < 1.29 is 9.38 Å². The zero-order valence-electron chi connectivity index (χ0n) is 8.35. The quantitative estimate of drug-likeness (QED) is 0.532. The number of ether oxygens (including phenoxy) is 1. The van der Waals surface area contributed by atoms with E-state index in [9.17, 15) is 5.21 Å². The highest BCUT2D eigenvalue weighted by molar-refractivity contribution is 5.16. The average molecular weight is 193 g/mol. The molecule has 14 heavy (non-hydrogen) atoms. The van der Waals surface area contributed by atoms with Crippen molar-refractivity contribution >= 4 is 0 Å². The normalized spacial score (nSPS) is 32.0. The van der Waals surface area contributed by atoms with E-state index >= 15 is 0 Å². The Balaban J connectivity index is 2.26. The van der Waals surface area contributed by atoms with E-state index in [1.807, 2.05) is 37.3 Å². The third-order valence-corrected chi connectivity index (χ3v) is 2.79. The average Bonchev–Trinajstić information content (AvgIpc) is 2.63. The van der Waals surface area contributed by atoms with Crippen LogP contribution >= 0.6 is 0 Å². The van der Waals surface area contributed by atoms with Crippen LogP contribution in [-0.4, -0.2) is 24.3 Å². The predicted molar refractivity (Wildman–Crippen MR) is 54.2 cm³/mol. The van der Waals surface area contributed by atoms with Crippen LogP contribution in [0, 0.1) is 5.21 Å². The monoisotopic (exact) mass is 193 g/mol. The molecule has 1 saturated heterocycles. The summed E-state index contributed by atoms with van der Waals surface area (Å²) >= 11 is 0. The van der Waals surface area contributed by atoms with Gasteiger partial charge < -0.3 is 14.6 Å². The number of rotatable bonds is 2. The highest BCUT2D eigenvalue weighted by Gasteiger charge is 2.35. The molecule has 0 aromatic heterocycles. The van der Waals surface area contributed by atoms with E-state index in [2.05, 4.69) is 0 Å². The van der Waals surface area contributed by atoms with Gasteiger partial charge in [-0.05, 0) is 6.92 Å². The summed E-state index contributed by atoms with van der Waals surface area (Å²) in [6.45, 7) is 3.62. The molecule has 0 bridgehead atoms. The lowest BCUT2D eigenvalue weighted by molar-refractivity contribution is -0.909. The number of nitrogens with zero attached hydrogens (tertiary/aromatic N) is 1. The topological polar surface area (TPSA) is 32.3 Å². The molecule has 3 heteroatoms. The fraction of sp³-hybridized carbons (Fsp3) is 0.455. The maximum absolute atomic E-state index is 12.2. The van der Waals surface area contributed by atoms with Crippen LogP contribution in [0.25, 0.3) is 0 Å². The highest BCUT2D eigenvalue weighted by atomic mass is 16.6. The summed E-state index contributed by atoms with van der Waals surface area (Å²) in [7, 11) is 0. The number of benzene rings is 1. The van der Waals surface area contributed by atoms with Crippen molar-refractivity contribution in [3.8, 4) is 0 Å². The largest absolute Gasteiger partial charge is 0.631 e. The molecule has 1 heterocycles. The van der Waals surface area contributed by atoms with Crippen molar-refractivity contribution in [2.45, 2.75) is 13.2 Å². The van der Waals surface area contributed by atoms with Gasteiger partial charge in [0.25, 0.3) is 0 Å². The van der Waals surface area contributed by atoms with E-state index < -0.39 is 0 Å². The van der Waals surface area contributed by atoms with E-state index in [4.69, 9.17) is 4.74 Å².